The van der Waals surface area contributed by atoms with E-state index >= 15 is 0 Å². The van der Waals surface area contributed by atoms with Gasteiger partial charge in [-0.05, 0) is 68.1 Å². The Bertz CT molecular complexity index is 1180. The highest BCUT2D eigenvalue weighted by Crippen LogP contribution is 2.25. The number of sulfonamides is 1. The molecule has 4 rings (SSSR count). The van der Waals surface area contributed by atoms with E-state index in [0.29, 0.717) is 23.7 Å². The quantitative estimate of drug-likeness (QED) is 0.544. The molecule has 31 heavy (non-hydrogen) atoms. The Morgan fingerprint density at radius 1 is 1.16 bits per heavy atom. The summed E-state index contributed by atoms with van der Waals surface area (Å²) in [7, 11) is -3.36. The lowest BCUT2D eigenvalue weighted by Crippen LogP contribution is -2.37. The van der Waals surface area contributed by atoms with Gasteiger partial charge in [0, 0.05) is 22.7 Å². The molecule has 2 heterocycles. The number of nitrogens with zero attached hydrogens (tertiary/aromatic N) is 1. The average molecular weight is 444 g/mol. The second kappa shape index (κ2) is 8.80. The van der Waals surface area contributed by atoms with Crippen LogP contribution in [0.5, 0.6) is 0 Å². The van der Waals surface area contributed by atoms with Crippen molar-refractivity contribution < 1.29 is 17.6 Å². The lowest BCUT2D eigenvalue weighted by Gasteiger charge is -2.31. The molecular formula is C23H26FN3O3S. The minimum atomic E-state index is -3.36. The van der Waals surface area contributed by atoms with E-state index in [2.05, 4.69) is 14.6 Å². The number of Topliss-reactive ketones (excluding diaryl/α,β-unsaturated/α-hetero) is 1. The number of benzene rings is 2. The minimum Gasteiger partial charge on any atom is -0.360 e. The molecule has 1 aromatic heterocycles. The van der Waals surface area contributed by atoms with Crippen LogP contribution in [-0.2, 0) is 16.4 Å². The van der Waals surface area contributed by atoms with Gasteiger partial charge < -0.3 is 4.98 Å². The number of rotatable bonds is 7. The molecule has 0 unspecified atom stereocenters. The fraction of sp³-hybridized carbons (Fsp3) is 0.348. The van der Waals surface area contributed by atoms with Gasteiger partial charge in [-0.15, -0.1) is 0 Å². The predicted molar refractivity (Wildman–Crippen MR) is 120 cm³/mol. The number of hydrogen-bond donors (Lipinski definition) is 2. The number of fused-ring (bicyclic) bond motifs is 1. The number of ketones is 1. The largest absolute Gasteiger partial charge is 0.360 e. The Kier molecular flexibility index (Phi) is 6.11. The molecular weight excluding hydrogens is 417 g/mol. The molecule has 1 aliphatic heterocycles. The van der Waals surface area contributed by atoms with Gasteiger partial charge in [-0.1, -0.05) is 18.2 Å². The molecule has 0 radical (unpaired) electrons. The monoisotopic (exact) mass is 443 g/mol. The van der Waals surface area contributed by atoms with Crippen molar-refractivity contribution in [2.75, 3.05) is 30.6 Å². The van der Waals surface area contributed by atoms with Gasteiger partial charge in [0.05, 0.1) is 18.5 Å². The Morgan fingerprint density at radius 3 is 2.55 bits per heavy atom. The summed E-state index contributed by atoms with van der Waals surface area (Å²) in [5.41, 5.74) is 2.95. The zero-order chi connectivity index (χ0) is 22.0. The van der Waals surface area contributed by atoms with Gasteiger partial charge in [-0.25, -0.2) is 12.8 Å². The van der Waals surface area contributed by atoms with Crippen molar-refractivity contribution in [1.82, 2.24) is 9.88 Å². The summed E-state index contributed by atoms with van der Waals surface area (Å²) < 4.78 is 38.3. The highest BCUT2D eigenvalue weighted by molar-refractivity contribution is 7.92. The second-order valence-electron chi connectivity index (χ2n) is 8.31. The molecule has 0 atom stereocenters. The SMILES string of the molecule is CS(=O)(=O)Nc1ccc2c(C(=O)CN3CCC(Cc4ccc(F)cc4)CC3)c[nH]c2c1. The van der Waals surface area contributed by atoms with Gasteiger partial charge in [0.1, 0.15) is 5.82 Å². The molecule has 0 amide bonds. The minimum absolute atomic E-state index is 0.0482. The van der Waals surface area contributed by atoms with Gasteiger partial charge in [-0.3, -0.25) is 14.4 Å². The Labute approximate surface area is 181 Å². The lowest BCUT2D eigenvalue weighted by atomic mass is 9.90. The van der Waals surface area contributed by atoms with Crippen molar-refractivity contribution >= 4 is 32.4 Å². The average Bonchev–Trinajstić information content (AvgIpc) is 3.13. The molecule has 1 fully saturated rings. The van der Waals surface area contributed by atoms with Crippen molar-refractivity contribution in [2.45, 2.75) is 19.3 Å². The molecule has 1 saturated heterocycles. The molecule has 2 aromatic carbocycles. The Morgan fingerprint density at radius 2 is 1.87 bits per heavy atom. The summed E-state index contributed by atoms with van der Waals surface area (Å²) >= 11 is 0. The summed E-state index contributed by atoms with van der Waals surface area (Å²) in [6.45, 7) is 2.09. The first-order chi connectivity index (χ1) is 14.8. The highest BCUT2D eigenvalue weighted by Gasteiger charge is 2.22. The van der Waals surface area contributed by atoms with E-state index in [-0.39, 0.29) is 11.6 Å². The van der Waals surface area contributed by atoms with Crippen molar-refractivity contribution in [3.63, 3.8) is 0 Å². The highest BCUT2D eigenvalue weighted by atomic mass is 32.2. The second-order valence-corrected chi connectivity index (χ2v) is 10.1. The first kappa shape index (κ1) is 21.5. The number of H-pyrrole nitrogens is 1. The third-order valence-corrected chi connectivity index (χ3v) is 6.40. The number of carbonyl (C=O) groups excluding carboxylic acids is 1. The van der Waals surface area contributed by atoms with E-state index in [1.165, 1.54) is 12.1 Å². The van der Waals surface area contributed by atoms with Gasteiger partial charge >= 0.3 is 0 Å². The van der Waals surface area contributed by atoms with Crippen molar-refractivity contribution in [3.8, 4) is 0 Å². The predicted octanol–water partition coefficient (Wildman–Crippen LogP) is 3.82. The zero-order valence-electron chi connectivity index (χ0n) is 17.4. The fourth-order valence-electron chi connectivity index (χ4n) is 4.23. The summed E-state index contributed by atoms with van der Waals surface area (Å²) in [6.07, 6.45) is 5.76. The number of halogens is 1. The first-order valence-corrected chi connectivity index (χ1v) is 12.2. The van der Waals surface area contributed by atoms with Crippen LogP contribution in [0.4, 0.5) is 10.1 Å². The number of nitrogens with one attached hydrogen (secondary N) is 2. The van der Waals surface area contributed by atoms with Gasteiger partial charge in [0.15, 0.2) is 5.78 Å². The van der Waals surface area contributed by atoms with Gasteiger partial charge in [0.25, 0.3) is 0 Å². The van der Waals surface area contributed by atoms with Crippen LogP contribution in [0.25, 0.3) is 10.9 Å². The van der Waals surface area contributed by atoms with Crippen molar-refractivity contribution in [2.24, 2.45) is 5.92 Å². The van der Waals surface area contributed by atoms with E-state index in [9.17, 15) is 17.6 Å². The standard InChI is InChI=1S/C23H26FN3O3S/c1-31(29,30)26-19-6-7-20-21(14-25-22(20)13-19)23(28)15-27-10-8-17(9-11-27)12-16-2-4-18(24)5-3-16/h2-7,13-14,17,25-26H,8-12,15H2,1H3. The number of anilines is 1. The number of likely N-dealkylation sites (tertiary alicyclic amines) is 1. The molecule has 8 heteroatoms. The molecule has 0 bridgehead atoms. The molecule has 0 saturated carbocycles. The third kappa shape index (κ3) is 5.51. The third-order valence-electron chi connectivity index (χ3n) is 5.80. The molecule has 3 aromatic rings. The van der Waals surface area contributed by atoms with E-state index < -0.39 is 10.0 Å². The number of carbonyl (C=O) groups is 1. The zero-order valence-corrected chi connectivity index (χ0v) is 18.2. The van der Waals surface area contributed by atoms with E-state index in [1.807, 2.05) is 12.1 Å². The van der Waals surface area contributed by atoms with Crippen LogP contribution in [0.3, 0.4) is 0 Å². The van der Waals surface area contributed by atoms with Crippen LogP contribution in [-0.4, -0.2) is 50.0 Å². The number of piperidine rings is 1. The Balaban J connectivity index is 1.34. The van der Waals surface area contributed by atoms with Crippen molar-refractivity contribution in [1.29, 1.82) is 0 Å². The van der Waals surface area contributed by atoms with E-state index in [0.717, 1.165) is 55.1 Å². The molecule has 164 valence electrons. The summed E-state index contributed by atoms with van der Waals surface area (Å²) in [6, 6.07) is 11.8. The van der Waals surface area contributed by atoms with Crippen LogP contribution in [0.15, 0.2) is 48.7 Å². The number of aromatic nitrogens is 1. The number of hydrogen-bond acceptors (Lipinski definition) is 4. The first-order valence-electron chi connectivity index (χ1n) is 10.4. The maximum Gasteiger partial charge on any atom is 0.229 e. The fourth-order valence-corrected chi connectivity index (χ4v) is 4.78. The van der Waals surface area contributed by atoms with E-state index in [1.54, 1.807) is 24.4 Å². The van der Waals surface area contributed by atoms with Crippen LogP contribution in [0.1, 0.15) is 28.8 Å². The normalized spacial score (nSPS) is 15.9. The topological polar surface area (TPSA) is 82.3 Å². The molecule has 6 nitrogen and oxygen atoms in total. The van der Waals surface area contributed by atoms with Gasteiger partial charge in [-0.2, -0.15) is 0 Å². The van der Waals surface area contributed by atoms with Gasteiger partial charge in [0.2, 0.25) is 10.0 Å². The van der Waals surface area contributed by atoms with E-state index in [4.69, 9.17) is 0 Å². The number of aromatic amines is 1. The molecule has 0 spiro atoms. The summed E-state index contributed by atoms with van der Waals surface area (Å²) in [4.78, 5) is 18.1. The summed E-state index contributed by atoms with van der Waals surface area (Å²) in [5.74, 6) is 0.384. The van der Waals surface area contributed by atoms with Crippen LogP contribution in [0, 0.1) is 11.7 Å². The maximum absolute atomic E-state index is 13.1. The Hall–Kier alpha value is -2.71. The van der Waals surface area contributed by atoms with Crippen molar-refractivity contribution in [3.05, 3.63) is 65.6 Å². The smallest absolute Gasteiger partial charge is 0.229 e. The van der Waals surface area contributed by atoms with Crippen LogP contribution >= 0.6 is 0 Å². The van der Waals surface area contributed by atoms with Crippen LogP contribution in [0.2, 0.25) is 0 Å². The molecule has 0 aliphatic carbocycles. The molecule has 2 N–H and O–H groups in total. The van der Waals surface area contributed by atoms with Crippen LogP contribution < -0.4 is 4.72 Å². The summed E-state index contributed by atoms with van der Waals surface area (Å²) in [5, 5.41) is 0.787. The molecule has 1 aliphatic rings. The maximum atomic E-state index is 13.1. The lowest BCUT2D eigenvalue weighted by molar-refractivity contribution is 0.0897.